The summed E-state index contributed by atoms with van der Waals surface area (Å²) in [6.07, 6.45) is 0. The minimum atomic E-state index is 0.546. The minimum absolute atomic E-state index is 0.546. The van der Waals surface area contributed by atoms with E-state index in [2.05, 4.69) is 48.5 Å². The Kier molecular flexibility index (Phi) is 2.62. The molecule has 0 saturated heterocycles. The van der Waals surface area contributed by atoms with Gasteiger partial charge in [0.25, 0.3) is 0 Å². The van der Waals surface area contributed by atoms with Gasteiger partial charge in [0, 0.05) is 0 Å². The van der Waals surface area contributed by atoms with E-state index < -0.39 is 0 Å². The van der Waals surface area contributed by atoms with Crippen LogP contribution >= 0.6 is 0 Å². The Morgan fingerprint density at radius 1 is 0.444 bits per heavy atom. The average Bonchev–Trinajstić information content (AvgIpc) is 2.49. The lowest BCUT2D eigenvalue weighted by atomic mass is 10.0. The van der Waals surface area contributed by atoms with E-state index in [1.165, 1.54) is 16.7 Å². The van der Waals surface area contributed by atoms with Gasteiger partial charge >= 0.3 is 0 Å². The van der Waals surface area contributed by atoms with Crippen molar-refractivity contribution in [1.82, 2.24) is 0 Å². The summed E-state index contributed by atoms with van der Waals surface area (Å²) >= 11 is 0. The van der Waals surface area contributed by atoms with E-state index in [0.29, 0.717) is 6.04 Å². The highest BCUT2D eigenvalue weighted by atomic mass is 14.0. The third-order valence-corrected chi connectivity index (χ3v) is 3.04. The number of hydrogen-bond acceptors (Lipinski definition) is 0. The van der Waals surface area contributed by atoms with Crippen molar-refractivity contribution in [3.8, 4) is 22.3 Å². The first-order chi connectivity index (χ1) is 9.33. The van der Waals surface area contributed by atoms with Crippen molar-refractivity contribution in [3.05, 3.63) is 84.9 Å². The van der Waals surface area contributed by atoms with Crippen molar-refractivity contribution in [2.24, 2.45) is 0 Å². The van der Waals surface area contributed by atoms with E-state index in [9.17, 15) is 0 Å². The fourth-order valence-corrected chi connectivity index (χ4v) is 2.07. The monoisotopic (exact) mass is 231 g/mol. The molecule has 0 N–H and O–H groups in total. The van der Waals surface area contributed by atoms with Gasteiger partial charge in [-0.15, -0.1) is 0 Å². The summed E-state index contributed by atoms with van der Waals surface area (Å²) in [6.45, 7) is 0. The maximum atomic E-state index is 7.50. The zero-order valence-electron chi connectivity index (χ0n) is 11.0. The summed E-state index contributed by atoms with van der Waals surface area (Å²) < 4.78 is 7.50. The molecule has 0 amide bonds. The van der Waals surface area contributed by atoms with Crippen molar-refractivity contribution in [1.29, 1.82) is 0 Å². The molecular formula is C18H14. The van der Waals surface area contributed by atoms with Crippen LogP contribution in [0, 0.1) is 0 Å². The van der Waals surface area contributed by atoms with E-state index in [1.54, 1.807) is 0 Å². The second kappa shape index (κ2) is 4.89. The molecule has 0 unspecified atom stereocenters. The molecule has 3 rings (SSSR count). The van der Waals surface area contributed by atoms with Crippen LogP contribution in [0.3, 0.4) is 0 Å². The molecule has 0 atom stereocenters. The van der Waals surface area contributed by atoms with Crippen LogP contribution in [0.15, 0.2) is 84.9 Å². The van der Waals surface area contributed by atoms with Crippen LogP contribution in [-0.4, -0.2) is 0 Å². The van der Waals surface area contributed by atoms with Gasteiger partial charge < -0.3 is 0 Å². The molecule has 0 aliphatic carbocycles. The summed E-state index contributed by atoms with van der Waals surface area (Å²) in [4.78, 5) is 0. The Hall–Kier alpha value is -2.34. The lowest BCUT2D eigenvalue weighted by Gasteiger charge is -2.04. The summed E-state index contributed by atoms with van der Waals surface area (Å²) in [7, 11) is 0. The van der Waals surface area contributed by atoms with Gasteiger partial charge in [0.1, 0.15) is 0 Å². The standard InChI is InChI=1S/C18H14/c1-3-7-15(8-4-1)17-11-13-18(14-12-17)16-9-5-2-6-10-16/h1-14H/i1D. The van der Waals surface area contributed by atoms with Gasteiger partial charge in [0.2, 0.25) is 0 Å². The topological polar surface area (TPSA) is 0 Å². The quantitative estimate of drug-likeness (QED) is 0.581. The van der Waals surface area contributed by atoms with E-state index >= 15 is 0 Å². The number of benzene rings is 3. The predicted molar refractivity (Wildman–Crippen MR) is 77.3 cm³/mol. The molecule has 3 aromatic rings. The molecule has 0 aliphatic rings. The molecule has 0 saturated carbocycles. The Bertz CT molecular complexity index is 652. The molecule has 0 spiro atoms. The summed E-state index contributed by atoms with van der Waals surface area (Å²) in [5.74, 6) is 0. The normalized spacial score (nSPS) is 11.0. The average molecular weight is 231 g/mol. The van der Waals surface area contributed by atoms with Crippen LogP contribution in [0.25, 0.3) is 22.3 Å². The first kappa shape index (κ1) is 9.67. The Morgan fingerprint density at radius 2 is 0.833 bits per heavy atom. The van der Waals surface area contributed by atoms with Crippen molar-refractivity contribution in [2.45, 2.75) is 0 Å². The highest BCUT2D eigenvalue weighted by Crippen LogP contribution is 2.24. The highest BCUT2D eigenvalue weighted by Gasteiger charge is 1.98. The molecular weight excluding hydrogens is 216 g/mol. The second-order valence-corrected chi connectivity index (χ2v) is 4.23. The van der Waals surface area contributed by atoms with Crippen molar-refractivity contribution in [2.75, 3.05) is 0 Å². The first-order valence-corrected chi connectivity index (χ1v) is 6.05. The van der Waals surface area contributed by atoms with Gasteiger partial charge in [0.15, 0.2) is 0 Å². The third-order valence-electron chi connectivity index (χ3n) is 3.04. The number of rotatable bonds is 2. The molecule has 0 bridgehead atoms. The first-order valence-electron chi connectivity index (χ1n) is 6.55. The second-order valence-electron chi connectivity index (χ2n) is 4.23. The number of hydrogen-bond donors (Lipinski definition) is 0. The molecule has 18 heavy (non-hydrogen) atoms. The van der Waals surface area contributed by atoms with E-state index in [4.69, 9.17) is 1.37 Å². The van der Waals surface area contributed by atoms with Crippen LogP contribution in [0.4, 0.5) is 0 Å². The van der Waals surface area contributed by atoms with Crippen LogP contribution in [0.2, 0.25) is 0 Å². The fourth-order valence-electron chi connectivity index (χ4n) is 2.07. The maximum Gasteiger partial charge on any atom is 0.0623 e. The fraction of sp³-hybridized carbons (Fsp3) is 0. The van der Waals surface area contributed by atoms with Gasteiger partial charge in [0.05, 0.1) is 1.37 Å². The van der Waals surface area contributed by atoms with Crippen LogP contribution in [0.1, 0.15) is 1.37 Å². The Morgan fingerprint density at radius 3 is 1.33 bits per heavy atom. The third kappa shape index (κ3) is 2.18. The maximum absolute atomic E-state index is 7.50. The molecule has 0 aliphatic heterocycles. The zero-order chi connectivity index (χ0) is 13.1. The molecule has 0 heteroatoms. The molecule has 0 heterocycles. The smallest absolute Gasteiger partial charge is 0.0622 e. The summed E-state index contributed by atoms with van der Waals surface area (Å²) in [5, 5.41) is 0. The summed E-state index contributed by atoms with van der Waals surface area (Å²) in [5.41, 5.74) is 4.78. The molecule has 0 radical (unpaired) electrons. The van der Waals surface area contributed by atoms with Crippen LogP contribution < -0.4 is 0 Å². The van der Waals surface area contributed by atoms with Gasteiger partial charge in [-0.05, 0) is 22.3 Å². The zero-order valence-corrected chi connectivity index (χ0v) is 10.0. The minimum Gasteiger partial charge on any atom is -0.0622 e. The Balaban J connectivity index is 1.93. The highest BCUT2D eigenvalue weighted by molar-refractivity contribution is 5.70. The Labute approximate surface area is 109 Å². The lowest BCUT2D eigenvalue weighted by molar-refractivity contribution is 1.59. The predicted octanol–water partition coefficient (Wildman–Crippen LogP) is 5.02. The van der Waals surface area contributed by atoms with E-state index in [0.717, 1.165) is 5.56 Å². The van der Waals surface area contributed by atoms with Gasteiger partial charge in [-0.1, -0.05) is 84.9 Å². The molecule has 0 fully saturated rings. The van der Waals surface area contributed by atoms with Crippen LogP contribution in [0.5, 0.6) is 0 Å². The van der Waals surface area contributed by atoms with Crippen molar-refractivity contribution in [3.63, 3.8) is 0 Å². The SMILES string of the molecule is [2H]c1ccc(-c2ccc(-c3ccccc3)cc2)cc1. The van der Waals surface area contributed by atoms with Gasteiger partial charge in [-0.2, -0.15) is 0 Å². The molecule has 0 nitrogen and oxygen atoms in total. The van der Waals surface area contributed by atoms with Gasteiger partial charge in [-0.25, -0.2) is 0 Å². The van der Waals surface area contributed by atoms with E-state index in [-0.39, 0.29) is 0 Å². The molecule has 3 aromatic carbocycles. The molecule has 0 aromatic heterocycles. The molecule has 86 valence electrons. The van der Waals surface area contributed by atoms with E-state index in [1.807, 2.05) is 30.3 Å². The lowest BCUT2D eigenvalue weighted by Crippen LogP contribution is -1.79. The van der Waals surface area contributed by atoms with Crippen LogP contribution in [-0.2, 0) is 0 Å². The van der Waals surface area contributed by atoms with Crippen molar-refractivity contribution >= 4 is 0 Å². The largest absolute Gasteiger partial charge is 0.0623 e. The van der Waals surface area contributed by atoms with Gasteiger partial charge in [-0.3, -0.25) is 0 Å². The summed E-state index contributed by atoms with van der Waals surface area (Å²) in [6, 6.07) is 27.0. The van der Waals surface area contributed by atoms with Crippen molar-refractivity contribution < 1.29 is 1.37 Å².